The second kappa shape index (κ2) is 41.2. The van der Waals surface area contributed by atoms with Crippen LogP contribution in [-0.2, 0) is 28.6 Å². The number of carboxylic acid groups (broad SMARTS) is 1. The van der Waals surface area contributed by atoms with Gasteiger partial charge in [-0.3, -0.25) is 9.59 Å². The number of hydrogen-bond acceptors (Lipinski definition) is 7. The number of hydrogen-bond donors (Lipinski definition) is 0. The molecule has 0 saturated carbocycles. The Labute approximate surface area is 364 Å². The number of likely N-dealkylation sites (N-methyl/N-ethyl adjacent to an activating group) is 1. The van der Waals surface area contributed by atoms with E-state index in [2.05, 4.69) is 135 Å². The van der Waals surface area contributed by atoms with E-state index in [9.17, 15) is 19.5 Å². The van der Waals surface area contributed by atoms with E-state index < -0.39 is 30.1 Å². The standard InChI is InChI=1S/C52H79NO7/c1-6-8-10-12-14-16-18-20-22-24-25-26-27-29-31-33-35-37-39-41-43-51(55)60-48(46-58-45-44-49(52(56)57)53(3,4)5)47-59-50(54)42-40-38-36-34-32-30-28-23-21-19-17-15-13-11-9-7-2/h8-11,14-17,20-23,25-26,29-32,35-38,48-49H,6-7,12-13,18-19,24,27-28,33-34,39-47H2,1-5H3/b10-8+,11-9+,16-14+,17-15+,22-20+,23-21+,26-25+,31-29+,32-30+,37-35+,38-36+. The summed E-state index contributed by atoms with van der Waals surface area (Å²) >= 11 is 0. The average Bonchev–Trinajstić information content (AvgIpc) is 3.21. The van der Waals surface area contributed by atoms with Crippen LogP contribution in [0.4, 0.5) is 0 Å². The highest BCUT2D eigenvalue weighted by atomic mass is 16.6. The lowest BCUT2D eigenvalue weighted by molar-refractivity contribution is -0.889. The number of quaternary nitrogens is 1. The van der Waals surface area contributed by atoms with E-state index in [-0.39, 0.29) is 43.6 Å². The lowest BCUT2D eigenvalue weighted by Crippen LogP contribution is -2.55. The van der Waals surface area contributed by atoms with Gasteiger partial charge in [0.15, 0.2) is 6.10 Å². The topological polar surface area (TPSA) is 102 Å². The number of carbonyl (C=O) groups excluding carboxylic acids is 3. The molecular formula is C52H79NO7. The van der Waals surface area contributed by atoms with Crippen LogP contribution in [0.1, 0.15) is 123 Å². The van der Waals surface area contributed by atoms with Crippen molar-refractivity contribution in [2.24, 2.45) is 0 Å². The van der Waals surface area contributed by atoms with E-state index in [0.717, 1.165) is 77.0 Å². The van der Waals surface area contributed by atoms with E-state index in [0.29, 0.717) is 12.8 Å². The molecule has 0 aliphatic carbocycles. The van der Waals surface area contributed by atoms with Crippen molar-refractivity contribution in [3.05, 3.63) is 134 Å². The van der Waals surface area contributed by atoms with Crippen molar-refractivity contribution in [3.63, 3.8) is 0 Å². The summed E-state index contributed by atoms with van der Waals surface area (Å²) in [5.41, 5.74) is 0. The summed E-state index contributed by atoms with van der Waals surface area (Å²) in [6.07, 6.45) is 59.3. The van der Waals surface area contributed by atoms with Gasteiger partial charge in [0, 0.05) is 19.3 Å². The Bertz CT molecular complexity index is 1430. The zero-order valence-electron chi connectivity index (χ0n) is 37.8. The Morgan fingerprint density at radius 2 is 0.883 bits per heavy atom. The number of rotatable bonds is 37. The molecule has 0 fully saturated rings. The van der Waals surface area contributed by atoms with Crippen LogP contribution in [0.5, 0.6) is 0 Å². The van der Waals surface area contributed by atoms with E-state index in [1.54, 1.807) is 21.1 Å². The maximum atomic E-state index is 12.7. The maximum absolute atomic E-state index is 12.7. The molecule has 0 N–H and O–H groups in total. The second-order valence-corrected chi connectivity index (χ2v) is 15.2. The van der Waals surface area contributed by atoms with Crippen LogP contribution in [0, 0.1) is 0 Å². The van der Waals surface area contributed by atoms with Gasteiger partial charge in [0.25, 0.3) is 0 Å². The van der Waals surface area contributed by atoms with Gasteiger partial charge in [-0.15, -0.1) is 0 Å². The molecule has 334 valence electrons. The number of ether oxygens (including phenoxy) is 3. The van der Waals surface area contributed by atoms with Gasteiger partial charge in [-0.1, -0.05) is 148 Å². The molecule has 60 heavy (non-hydrogen) atoms. The molecule has 0 aliphatic rings. The quantitative estimate of drug-likeness (QED) is 0.0266. The molecule has 8 heteroatoms. The summed E-state index contributed by atoms with van der Waals surface area (Å²) in [5, 5.41) is 11.6. The van der Waals surface area contributed by atoms with Crippen molar-refractivity contribution in [2.45, 2.75) is 135 Å². The molecule has 0 bridgehead atoms. The fourth-order valence-corrected chi connectivity index (χ4v) is 5.42. The fraction of sp³-hybridized carbons (Fsp3) is 0.519. The van der Waals surface area contributed by atoms with Gasteiger partial charge in [-0.05, 0) is 89.9 Å². The van der Waals surface area contributed by atoms with Gasteiger partial charge >= 0.3 is 11.9 Å². The molecule has 0 amide bonds. The molecule has 2 unspecified atom stereocenters. The van der Waals surface area contributed by atoms with Gasteiger partial charge in [0.2, 0.25) is 0 Å². The molecule has 0 spiro atoms. The third-order valence-electron chi connectivity index (χ3n) is 8.80. The Balaban J connectivity index is 4.59. The first kappa shape index (κ1) is 55.5. The van der Waals surface area contributed by atoms with Crippen LogP contribution in [0.15, 0.2) is 134 Å². The van der Waals surface area contributed by atoms with E-state index in [4.69, 9.17) is 14.2 Å². The Morgan fingerprint density at radius 1 is 0.500 bits per heavy atom. The molecule has 0 heterocycles. The molecule has 0 rings (SSSR count). The number of carbonyl (C=O) groups is 3. The zero-order valence-corrected chi connectivity index (χ0v) is 37.8. The van der Waals surface area contributed by atoms with Gasteiger partial charge in [0.05, 0.1) is 40.3 Å². The van der Waals surface area contributed by atoms with Crippen molar-refractivity contribution in [1.82, 2.24) is 0 Å². The van der Waals surface area contributed by atoms with Crippen LogP contribution < -0.4 is 5.11 Å². The highest BCUT2D eigenvalue weighted by Crippen LogP contribution is 2.10. The summed E-state index contributed by atoms with van der Waals surface area (Å²) in [4.78, 5) is 36.8. The van der Waals surface area contributed by atoms with Crippen LogP contribution >= 0.6 is 0 Å². The summed E-state index contributed by atoms with van der Waals surface area (Å²) in [6, 6.07) is -0.756. The summed E-state index contributed by atoms with van der Waals surface area (Å²) < 4.78 is 17.0. The second-order valence-electron chi connectivity index (χ2n) is 15.2. The molecule has 2 atom stereocenters. The number of aliphatic carboxylic acids is 1. The molecule has 0 aromatic rings. The largest absolute Gasteiger partial charge is 0.544 e. The van der Waals surface area contributed by atoms with Crippen molar-refractivity contribution in [1.29, 1.82) is 0 Å². The minimum atomic E-state index is -1.15. The average molecular weight is 830 g/mol. The summed E-state index contributed by atoms with van der Waals surface area (Å²) in [6.45, 7) is 4.25. The lowest BCUT2D eigenvalue weighted by atomic mass is 10.1. The first-order valence-corrected chi connectivity index (χ1v) is 22.2. The van der Waals surface area contributed by atoms with E-state index in [1.165, 1.54) is 0 Å². The molecule has 0 aromatic carbocycles. The Morgan fingerprint density at radius 3 is 1.27 bits per heavy atom. The van der Waals surface area contributed by atoms with Crippen LogP contribution in [-0.4, -0.2) is 75.5 Å². The normalized spacial score (nSPS) is 14.2. The predicted octanol–water partition coefficient (Wildman–Crippen LogP) is 11.1. The van der Waals surface area contributed by atoms with Gasteiger partial charge in [-0.25, -0.2) is 0 Å². The van der Waals surface area contributed by atoms with Crippen molar-refractivity contribution in [2.75, 3.05) is 41.0 Å². The van der Waals surface area contributed by atoms with E-state index >= 15 is 0 Å². The Kier molecular flexibility index (Phi) is 38.1. The SMILES string of the molecule is CC/C=C/C/C=C/C/C=C/C/C=C/C/C=C/C/C=C/CCCC(=O)OC(COCCC(C(=O)[O-])[N+](C)(C)C)COC(=O)CC/C=C/C/C=C/C/C=C/C/C=C/C/C=C/CC. The van der Waals surface area contributed by atoms with Gasteiger partial charge in [-0.2, -0.15) is 0 Å². The predicted molar refractivity (Wildman–Crippen MR) is 249 cm³/mol. The molecule has 0 aliphatic heterocycles. The minimum absolute atomic E-state index is 0.0160. The third-order valence-corrected chi connectivity index (χ3v) is 8.80. The smallest absolute Gasteiger partial charge is 0.306 e. The number of allylic oxidation sites excluding steroid dienone is 22. The number of nitrogens with zero attached hydrogens (tertiary/aromatic N) is 1. The minimum Gasteiger partial charge on any atom is -0.544 e. The molecule has 0 aromatic heterocycles. The highest BCUT2D eigenvalue weighted by Gasteiger charge is 2.25. The van der Waals surface area contributed by atoms with E-state index in [1.807, 2.05) is 12.2 Å². The number of unbranched alkanes of at least 4 members (excludes halogenated alkanes) is 1. The highest BCUT2D eigenvalue weighted by molar-refractivity contribution is 5.70. The summed E-state index contributed by atoms with van der Waals surface area (Å²) in [5.74, 6) is -1.94. The fourth-order valence-electron chi connectivity index (χ4n) is 5.42. The molecule has 8 nitrogen and oxygen atoms in total. The van der Waals surface area contributed by atoms with Crippen molar-refractivity contribution >= 4 is 17.9 Å². The van der Waals surface area contributed by atoms with Crippen molar-refractivity contribution in [3.8, 4) is 0 Å². The summed E-state index contributed by atoms with van der Waals surface area (Å²) in [7, 11) is 5.35. The molecule has 0 radical (unpaired) electrons. The van der Waals surface area contributed by atoms with Crippen LogP contribution in [0.2, 0.25) is 0 Å². The molecule has 0 saturated heterocycles. The first-order chi connectivity index (χ1) is 29.1. The lowest BCUT2D eigenvalue weighted by Gasteiger charge is -2.34. The monoisotopic (exact) mass is 830 g/mol. The maximum Gasteiger partial charge on any atom is 0.306 e. The van der Waals surface area contributed by atoms with Crippen molar-refractivity contribution < 1.29 is 38.2 Å². The van der Waals surface area contributed by atoms with Crippen LogP contribution in [0.3, 0.4) is 0 Å². The first-order valence-electron chi connectivity index (χ1n) is 22.2. The molecular weight excluding hydrogens is 751 g/mol. The third kappa shape index (κ3) is 39.0. The van der Waals surface area contributed by atoms with Gasteiger partial charge < -0.3 is 28.6 Å². The van der Waals surface area contributed by atoms with Gasteiger partial charge in [0.1, 0.15) is 12.6 Å². The Hall–Kier alpha value is -4.53. The van der Waals surface area contributed by atoms with Crippen LogP contribution in [0.25, 0.3) is 0 Å². The number of carboxylic acids is 1. The number of esters is 2. The zero-order chi connectivity index (χ0) is 44.2.